The molecule has 3 rings (SSSR count). The summed E-state index contributed by atoms with van der Waals surface area (Å²) in [7, 11) is 0. The zero-order valence-electron chi connectivity index (χ0n) is 11.2. The van der Waals surface area contributed by atoms with Gasteiger partial charge in [0.1, 0.15) is 11.4 Å². The Morgan fingerprint density at radius 1 is 1.10 bits per heavy atom. The molecule has 3 aromatic rings. The lowest BCUT2D eigenvalue weighted by Gasteiger charge is -2.04. The topological polar surface area (TPSA) is 26.5 Å². The third-order valence-corrected chi connectivity index (χ3v) is 3.26. The van der Waals surface area contributed by atoms with Gasteiger partial charge < -0.3 is 9.14 Å². The van der Waals surface area contributed by atoms with Crippen LogP contribution in [0.3, 0.4) is 0 Å². The first-order valence-electron chi connectivity index (χ1n) is 6.64. The van der Waals surface area contributed by atoms with Crippen LogP contribution in [-0.4, -0.2) is 16.0 Å². The molecule has 0 saturated heterocycles. The first-order chi connectivity index (χ1) is 9.76. The molecule has 2 heterocycles. The van der Waals surface area contributed by atoms with Crippen molar-refractivity contribution in [2.45, 2.75) is 13.3 Å². The van der Waals surface area contributed by atoms with Crippen molar-refractivity contribution in [3.05, 3.63) is 53.8 Å². The number of fused-ring (bicyclic) bond motifs is 1. The second-order valence-electron chi connectivity index (χ2n) is 4.61. The van der Waals surface area contributed by atoms with Crippen LogP contribution in [-0.2, 0) is 0 Å². The summed E-state index contributed by atoms with van der Waals surface area (Å²) in [6.07, 6.45) is 4.84. The lowest BCUT2D eigenvalue weighted by molar-refractivity contribution is 0.317. The van der Waals surface area contributed by atoms with Crippen molar-refractivity contribution < 1.29 is 4.74 Å². The van der Waals surface area contributed by atoms with Crippen LogP contribution in [0.1, 0.15) is 13.3 Å². The molecule has 0 aliphatic carbocycles. The van der Waals surface area contributed by atoms with Crippen molar-refractivity contribution in [3.63, 3.8) is 0 Å². The van der Waals surface area contributed by atoms with Crippen LogP contribution in [0.5, 0.6) is 5.75 Å². The van der Waals surface area contributed by atoms with Crippen LogP contribution >= 0.6 is 11.6 Å². The number of aromatic nitrogens is 2. The van der Waals surface area contributed by atoms with Crippen molar-refractivity contribution >= 4 is 17.2 Å². The second kappa shape index (κ2) is 5.55. The quantitative estimate of drug-likeness (QED) is 0.708. The normalized spacial score (nSPS) is 10.9. The van der Waals surface area contributed by atoms with Crippen LogP contribution in [0.4, 0.5) is 0 Å². The molecule has 4 heteroatoms. The minimum absolute atomic E-state index is 0.699. The van der Waals surface area contributed by atoms with Gasteiger partial charge in [0.2, 0.25) is 0 Å². The summed E-state index contributed by atoms with van der Waals surface area (Å²) in [5.41, 5.74) is 2.87. The largest absolute Gasteiger partial charge is 0.494 e. The van der Waals surface area contributed by atoms with Gasteiger partial charge in [0, 0.05) is 18.0 Å². The number of hydrogen-bond acceptors (Lipinski definition) is 2. The number of hydrogen-bond donors (Lipinski definition) is 0. The van der Waals surface area contributed by atoms with Gasteiger partial charge in [0.15, 0.2) is 0 Å². The molecule has 0 aliphatic heterocycles. The predicted octanol–water partition coefficient (Wildman–Crippen LogP) is 4.44. The van der Waals surface area contributed by atoms with Gasteiger partial charge in [-0.05, 0) is 42.8 Å². The van der Waals surface area contributed by atoms with Gasteiger partial charge in [-0.15, -0.1) is 0 Å². The Labute approximate surface area is 122 Å². The summed E-state index contributed by atoms with van der Waals surface area (Å²) in [5.74, 6) is 0.891. The van der Waals surface area contributed by atoms with E-state index in [1.807, 2.05) is 53.2 Å². The number of nitrogens with zero attached hydrogens (tertiary/aromatic N) is 2. The van der Waals surface area contributed by atoms with E-state index in [0.29, 0.717) is 5.02 Å². The molecule has 20 heavy (non-hydrogen) atoms. The summed E-state index contributed by atoms with van der Waals surface area (Å²) >= 11 is 5.98. The standard InChI is InChI=1S/C16H15ClN2O/c1-2-9-20-14-6-3-12(4-7-14)15-11-19-10-13(17)5-8-16(19)18-15/h3-8,10-11H,2,9H2,1H3. The highest BCUT2D eigenvalue weighted by Crippen LogP contribution is 2.23. The van der Waals surface area contributed by atoms with Crippen molar-refractivity contribution in [3.8, 4) is 17.0 Å². The number of halogens is 1. The molecular weight excluding hydrogens is 272 g/mol. The van der Waals surface area contributed by atoms with Crippen LogP contribution < -0.4 is 4.74 Å². The molecule has 0 radical (unpaired) electrons. The van der Waals surface area contributed by atoms with Gasteiger partial charge in [0.25, 0.3) is 0 Å². The Morgan fingerprint density at radius 3 is 2.65 bits per heavy atom. The van der Waals surface area contributed by atoms with Crippen molar-refractivity contribution in [1.82, 2.24) is 9.38 Å². The predicted molar refractivity (Wildman–Crippen MR) is 81.4 cm³/mol. The van der Waals surface area contributed by atoms with E-state index in [9.17, 15) is 0 Å². The molecule has 0 aliphatic rings. The Balaban J connectivity index is 1.90. The van der Waals surface area contributed by atoms with Crippen LogP contribution in [0.15, 0.2) is 48.8 Å². The van der Waals surface area contributed by atoms with E-state index in [1.165, 1.54) is 0 Å². The average molecular weight is 287 g/mol. The molecule has 0 unspecified atom stereocenters. The fraction of sp³-hybridized carbons (Fsp3) is 0.188. The van der Waals surface area contributed by atoms with E-state index in [4.69, 9.17) is 16.3 Å². The molecule has 0 bridgehead atoms. The van der Waals surface area contributed by atoms with Crippen molar-refractivity contribution in [2.75, 3.05) is 6.61 Å². The smallest absolute Gasteiger partial charge is 0.137 e. The number of imidazole rings is 1. The minimum Gasteiger partial charge on any atom is -0.494 e. The highest BCUT2D eigenvalue weighted by molar-refractivity contribution is 6.30. The number of benzene rings is 1. The first-order valence-corrected chi connectivity index (χ1v) is 7.01. The summed E-state index contributed by atoms with van der Waals surface area (Å²) < 4.78 is 7.51. The van der Waals surface area contributed by atoms with Gasteiger partial charge in [-0.25, -0.2) is 4.98 Å². The SMILES string of the molecule is CCCOc1ccc(-c2cn3cc(Cl)ccc3n2)cc1. The molecule has 0 fully saturated rings. The molecule has 3 nitrogen and oxygen atoms in total. The summed E-state index contributed by atoms with van der Waals surface area (Å²) in [6.45, 7) is 2.84. The summed E-state index contributed by atoms with van der Waals surface area (Å²) in [4.78, 5) is 4.58. The van der Waals surface area contributed by atoms with E-state index in [1.54, 1.807) is 0 Å². The first kappa shape index (κ1) is 13.0. The monoisotopic (exact) mass is 286 g/mol. The van der Waals surface area contributed by atoms with E-state index in [-0.39, 0.29) is 0 Å². The lowest BCUT2D eigenvalue weighted by Crippen LogP contribution is -1.94. The van der Waals surface area contributed by atoms with E-state index in [0.717, 1.165) is 35.7 Å². The molecule has 0 saturated carbocycles. The maximum Gasteiger partial charge on any atom is 0.137 e. The summed E-state index contributed by atoms with van der Waals surface area (Å²) in [6, 6.07) is 11.7. The lowest BCUT2D eigenvalue weighted by atomic mass is 10.2. The average Bonchev–Trinajstić information content (AvgIpc) is 2.88. The summed E-state index contributed by atoms with van der Waals surface area (Å²) in [5, 5.41) is 0.699. The maximum absolute atomic E-state index is 5.98. The highest BCUT2D eigenvalue weighted by atomic mass is 35.5. The fourth-order valence-electron chi connectivity index (χ4n) is 2.05. The number of pyridine rings is 1. The number of rotatable bonds is 4. The molecule has 0 amide bonds. The van der Waals surface area contributed by atoms with E-state index < -0.39 is 0 Å². The molecule has 1 aromatic carbocycles. The zero-order valence-corrected chi connectivity index (χ0v) is 12.0. The minimum atomic E-state index is 0.699. The Hall–Kier alpha value is -2.00. The van der Waals surface area contributed by atoms with Gasteiger partial charge in [-0.1, -0.05) is 18.5 Å². The van der Waals surface area contributed by atoms with Gasteiger partial charge in [-0.3, -0.25) is 0 Å². The molecular formula is C16H15ClN2O. The zero-order chi connectivity index (χ0) is 13.9. The Bertz CT molecular complexity index is 719. The molecule has 0 atom stereocenters. The molecule has 0 spiro atoms. The molecule has 0 N–H and O–H groups in total. The Kier molecular flexibility index (Phi) is 3.61. The highest BCUT2D eigenvalue weighted by Gasteiger charge is 2.05. The van der Waals surface area contributed by atoms with Crippen LogP contribution in [0.25, 0.3) is 16.9 Å². The van der Waals surface area contributed by atoms with Gasteiger partial charge in [-0.2, -0.15) is 0 Å². The molecule has 2 aromatic heterocycles. The third kappa shape index (κ3) is 2.63. The Morgan fingerprint density at radius 2 is 1.90 bits per heavy atom. The maximum atomic E-state index is 5.98. The van der Waals surface area contributed by atoms with E-state index >= 15 is 0 Å². The van der Waals surface area contributed by atoms with E-state index in [2.05, 4.69) is 11.9 Å². The van der Waals surface area contributed by atoms with Gasteiger partial charge >= 0.3 is 0 Å². The number of ether oxygens (including phenoxy) is 1. The van der Waals surface area contributed by atoms with Gasteiger partial charge in [0.05, 0.1) is 17.3 Å². The fourth-order valence-corrected chi connectivity index (χ4v) is 2.21. The van der Waals surface area contributed by atoms with Crippen LogP contribution in [0, 0.1) is 0 Å². The van der Waals surface area contributed by atoms with Crippen molar-refractivity contribution in [1.29, 1.82) is 0 Å². The van der Waals surface area contributed by atoms with Crippen molar-refractivity contribution in [2.24, 2.45) is 0 Å². The molecule has 102 valence electrons. The second-order valence-corrected chi connectivity index (χ2v) is 5.05. The van der Waals surface area contributed by atoms with Crippen LogP contribution in [0.2, 0.25) is 5.02 Å². The third-order valence-electron chi connectivity index (χ3n) is 3.04.